The molecule has 0 aliphatic rings. The Morgan fingerprint density at radius 1 is 1.12 bits per heavy atom. The van der Waals surface area contributed by atoms with Crippen molar-refractivity contribution in [2.24, 2.45) is 0 Å². The number of esters is 1. The van der Waals surface area contributed by atoms with Gasteiger partial charge in [0.05, 0.1) is 29.8 Å². The van der Waals surface area contributed by atoms with E-state index in [-0.39, 0.29) is 17.9 Å². The van der Waals surface area contributed by atoms with Gasteiger partial charge in [0.2, 0.25) is 5.91 Å². The molecule has 126 valence electrons. The van der Waals surface area contributed by atoms with Crippen LogP contribution in [0.2, 0.25) is 5.02 Å². The largest absolute Gasteiger partial charge is 0.465 e. The summed E-state index contributed by atoms with van der Waals surface area (Å²) in [6, 6.07) is 9.15. The van der Waals surface area contributed by atoms with E-state index in [2.05, 4.69) is 11.4 Å². The summed E-state index contributed by atoms with van der Waals surface area (Å²) in [5.74, 6) is -0.742. The lowest BCUT2D eigenvalue weighted by atomic mass is 10.0. The summed E-state index contributed by atoms with van der Waals surface area (Å²) < 4.78 is 5.48. The first-order valence-corrected chi connectivity index (χ1v) is 8.70. The Bertz CT molecular complexity index is 785. The van der Waals surface area contributed by atoms with Crippen molar-refractivity contribution in [3.8, 4) is 0 Å². The van der Waals surface area contributed by atoms with Crippen LogP contribution in [0.1, 0.15) is 27.0 Å². The van der Waals surface area contributed by atoms with Gasteiger partial charge in [0.15, 0.2) is 0 Å². The number of hydrogen-bond donors (Lipinski definition) is 1. The van der Waals surface area contributed by atoms with Crippen LogP contribution in [0.15, 0.2) is 30.3 Å². The Morgan fingerprint density at radius 3 is 2.33 bits per heavy atom. The van der Waals surface area contributed by atoms with Crippen LogP contribution in [-0.2, 0) is 16.0 Å². The minimum Gasteiger partial charge on any atom is -0.465 e. The molecule has 0 aromatic heterocycles. The van der Waals surface area contributed by atoms with E-state index >= 15 is 0 Å². The highest BCUT2D eigenvalue weighted by molar-refractivity contribution is 14.1. The first kappa shape index (κ1) is 18.7. The minimum absolute atomic E-state index is 0.215. The predicted octanol–water partition coefficient (Wildman–Crippen LogP) is 4.53. The Kier molecular flexibility index (Phi) is 6.23. The molecule has 0 fully saturated rings. The van der Waals surface area contributed by atoms with Gasteiger partial charge in [-0.15, -0.1) is 0 Å². The lowest BCUT2D eigenvalue weighted by Gasteiger charge is -2.12. The third-order valence-corrected chi connectivity index (χ3v) is 4.91. The SMILES string of the molecule is COC(=O)c1cc(I)c(Cl)cc1NC(=O)Cc1cc(C)cc(C)c1. The van der Waals surface area contributed by atoms with E-state index in [1.807, 2.05) is 48.6 Å². The molecule has 0 atom stereocenters. The number of nitrogens with one attached hydrogen (secondary N) is 1. The number of carbonyl (C=O) groups is 2. The van der Waals surface area contributed by atoms with Crippen LogP contribution < -0.4 is 5.32 Å². The molecule has 0 spiro atoms. The van der Waals surface area contributed by atoms with Crippen molar-refractivity contribution in [1.82, 2.24) is 0 Å². The molecule has 0 saturated carbocycles. The smallest absolute Gasteiger partial charge is 0.340 e. The molecular weight excluding hydrogens is 441 g/mol. The Balaban J connectivity index is 2.25. The van der Waals surface area contributed by atoms with Crippen LogP contribution >= 0.6 is 34.2 Å². The third kappa shape index (κ3) is 4.70. The van der Waals surface area contributed by atoms with Crippen molar-refractivity contribution >= 4 is 51.8 Å². The lowest BCUT2D eigenvalue weighted by Crippen LogP contribution is -2.17. The second-order valence-corrected chi connectivity index (χ2v) is 7.09. The molecule has 2 aromatic rings. The van der Waals surface area contributed by atoms with Gasteiger partial charge in [0.1, 0.15) is 0 Å². The lowest BCUT2D eigenvalue weighted by molar-refractivity contribution is -0.115. The highest BCUT2D eigenvalue weighted by Gasteiger charge is 2.17. The van der Waals surface area contributed by atoms with E-state index < -0.39 is 5.97 Å². The van der Waals surface area contributed by atoms with Gasteiger partial charge in [-0.2, -0.15) is 0 Å². The molecule has 0 unspecified atom stereocenters. The Morgan fingerprint density at radius 2 is 1.75 bits per heavy atom. The maximum absolute atomic E-state index is 12.4. The summed E-state index contributed by atoms with van der Waals surface area (Å²) in [5.41, 5.74) is 3.75. The molecule has 2 rings (SSSR count). The maximum Gasteiger partial charge on any atom is 0.340 e. The highest BCUT2D eigenvalue weighted by atomic mass is 127. The van der Waals surface area contributed by atoms with Crippen molar-refractivity contribution in [1.29, 1.82) is 0 Å². The molecule has 2 aromatic carbocycles. The second kappa shape index (κ2) is 7.98. The summed E-state index contributed by atoms with van der Waals surface area (Å²) in [4.78, 5) is 24.3. The fourth-order valence-corrected chi connectivity index (χ4v) is 3.11. The monoisotopic (exact) mass is 457 g/mol. The predicted molar refractivity (Wildman–Crippen MR) is 104 cm³/mol. The molecule has 0 aliphatic heterocycles. The minimum atomic E-state index is -0.522. The molecule has 4 nitrogen and oxygen atoms in total. The normalized spacial score (nSPS) is 10.4. The van der Waals surface area contributed by atoms with Crippen molar-refractivity contribution in [3.63, 3.8) is 0 Å². The van der Waals surface area contributed by atoms with Crippen LogP contribution in [0.25, 0.3) is 0 Å². The van der Waals surface area contributed by atoms with E-state index in [9.17, 15) is 9.59 Å². The van der Waals surface area contributed by atoms with Crippen molar-refractivity contribution < 1.29 is 14.3 Å². The summed E-state index contributed by atoms with van der Waals surface area (Å²) in [7, 11) is 1.30. The van der Waals surface area contributed by atoms with E-state index in [1.54, 1.807) is 12.1 Å². The molecule has 1 amide bonds. The molecule has 1 N–H and O–H groups in total. The zero-order chi connectivity index (χ0) is 17.9. The molecule has 24 heavy (non-hydrogen) atoms. The first-order chi connectivity index (χ1) is 11.3. The van der Waals surface area contributed by atoms with Gasteiger partial charge < -0.3 is 10.1 Å². The number of methoxy groups -OCH3 is 1. The average Bonchev–Trinajstić information content (AvgIpc) is 2.48. The molecule has 0 aliphatic carbocycles. The van der Waals surface area contributed by atoms with Gasteiger partial charge in [-0.3, -0.25) is 4.79 Å². The van der Waals surface area contributed by atoms with E-state index in [0.29, 0.717) is 14.3 Å². The van der Waals surface area contributed by atoms with Crippen LogP contribution in [0, 0.1) is 17.4 Å². The molecule has 0 saturated heterocycles. The van der Waals surface area contributed by atoms with Gasteiger partial charge in [-0.1, -0.05) is 40.9 Å². The number of carbonyl (C=O) groups excluding carboxylic acids is 2. The zero-order valence-electron chi connectivity index (χ0n) is 13.6. The molecular formula is C18H17ClINO3. The fourth-order valence-electron chi connectivity index (χ4n) is 2.48. The third-order valence-electron chi connectivity index (χ3n) is 3.39. The molecule has 6 heteroatoms. The maximum atomic E-state index is 12.4. The zero-order valence-corrected chi connectivity index (χ0v) is 16.5. The topological polar surface area (TPSA) is 55.4 Å². The number of halogens is 2. The number of hydrogen-bond acceptors (Lipinski definition) is 3. The van der Waals surface area contributed by atoms with Crippen LogP contribution in [0.5, 0.6) is 0 Å². The van der Waals surface area contributed by atoms with Crippen LogP contribution in [0.4, 0.5) is 5.69 Å². The van der Waals surface area contributed by atoms with Crippen molar-refractivity contribution in [3.05, 3.63) is 61.2 Å². The number of rotatable bonds is 4. The van der Waals surface area contributed by atoms with Crippen LogP contribution in [0.3, 0.4) is 0 Å². The first-order valence-electron chi connectivity index (χ1n) is 7.24. The van der Waals surface area contributed by atoms with Crippen LogP contribution in [-0.4, -0.2) is 19.0 Å². The Hall–Kier alpha value is -1.60. The number of benzene rings is 2. The number of anilines is 1. The molecule has 0 bridgehead atoms. The van der Waals surface area contributed by atoms with E-state index in [1.165, 1.54) is 7.11 Å². The second-order valence-electron chi connectivity index (χ2n) is 5.52. The van der Waals surface area contributed by atoms with Gasteiger partial charge in [-0.25, -0.2) is 4.79 Å². The standard InChI is InChI=1S/C18H17ClINO3/c1-10-4-11(2)6-12(5-10)7-17(22)21-16-9-14(19)15(20)8-13(16)18(23)24-3/h4-6,8-9H,7H2,1-3H3,(H,21,22). The summed E-state index contributed by atoms with van der Waals surface area (Å²) >= 11 is 8.13. The summed E-state index contributed by atoms with van der Waals surface area (Å²) in [6.07, 6.45) is 0.215. The molecule has 0 radical (unpaired) electrons. The fraction of sp³-hybridized carbons (Fsp3) is 0.222. The molecule has 0 heterocycles. The summed E-state index contributed by atoms with van der Waals surface area (Å²) in [6.45, 7) is 3.98. The van der Waals surface area contributed by atoms with Gasteiger partial charge in [-0.05, 0) is 54.1 Å². The van der Waals surface area contributed by atoms with Gasteiger partial charge >= 0.3 is 5.97 Å². The van der Waals surface area contributed by atoms with Crippen molar-refractivity contribution in [2.75, 3.05) is 12.4 Å². The number of amides is 1. The highest BCUT2D eigenvalue weighted by Crippen LogP contribution is 2.27. The Labute approximate surface area is 159 Å². The number of ether oxygens (including phenoxy) is 1. The average molecular weight is 458 g/mol. The number of aryl methyl sites for hydroxylation is 2. The quantitative estimate of drug-likeness (QED) is 0.542. The van der Waals surface area contributed by atoms with E-state index in [0.717, 1.165) is 16.7 Å². The van der Waals surface area contributed by atoms with Gasteiger partial charge in [0, 0.05) is 3.57 Å². The van der Waals surface area contributed by atoms with E-state index in [4.69, 9.17) is 16.3 Å². The van der Waals surface area contributed by atoms with Gasteiger partial charge in [0.25, 0.3) is 0 Å². The van der Waals surface area contributed by atoms with Crippen molar-refractivity contribution in [2.45, 2.75) is 20.3 Å². The summed E-state index contributed by atoms with van der Waals surface area (Å²) in [5, 5.41) is 3.22.